The van der Waals surface area contributed by atoms with Crippen molar-refractivity contribution in [3.63, 3.8) is 0 Å². The smallest absolute Gasteiger partial charge is 0.306 e. The lowest BCUT2D eigenvalue weighted by molar-refractivity contribution is -0.246. The Kier molecular flexibility index (Phi) is 9.94. The van der Waals surface area contributed by atoms with Crippen LogP contribution in [0.25, 0.3) is 0 Å². The molecule has 262 valence electrons. The zero-order chi connectivity index (χ0) is 35.3. The molecule has 0 unspecified atom stereocenters. The molecule has 0 N–H and O–H groups in total. The van der Waals surface area contributed by atoms with Crippen LogP contribution in [0.1, 0.15) is 88.5 Å². The van der Waals surface area contributed by atoms with Crippen LogP contribution in [-0.4, -0.2) is 83.6 Å². The summed E-state index contributed by atoms with van der Waals surface area (Å²) in [6, 6.07) is 0. The highest BCUT2D eigenvalue weighted by Gasteiger charge is 2.82. The van der Waals surface area contributed by atoms with E-state index < -0.39 is 106 Å². The molecule has 0 radical (unpaired) electrons. The lowest BCUT2D eigenvalue weighted by Crippen LogP contribution is -2.64. The van der Waals surface area contributed by atoms with E-state index in [1.165, 1.54) is 34.6 Å². The second-order valence-electron chi connectivity index (χ2n) is 14.2. The van der Waals surface area contributed by atoms with E-state index >= 15 is 0 Å². The zero-order valence-corrected chi connectivity index (χ0v) is 28.9. The van der Waals surface area contributed by atoms with Gasteiger partial charge in [0, 0.05) is 52.9 Å². The quantitative estimate of drug-likeness (QED) is 0.200. The van der Waals surface area contributed by atoms with Crippen molar-refractivity contribution in [3.8, 4) is 0 Å². The van der Waals surface area contributed by atoms with Crippen molar-refractivity contribution in [2.45, 2.75) is 130 Å². The molecule has 11 atom stereocenters. The molecule has 3 aliphatic carbocycles. The third kappa shape index (κ3) is 6.15. The van der Waals surface area contributed by atoms with Crippen LogP contribution < -0.4 is 0 Å². The highest BCUT2D eigenvalue weighted by Crippen LogP contribution is 2.69. The van der Waals surface area contributed by atoms with Crippen molar-refractivity contribution in [2.75, 3.05) is 6.61 Å². The highest BCUT2D eigenvalue weighted by atomic mass is 16.6. The van der Waals surface area contributed by atoms with Gasteiger partial charge >= 0.3 is 35.8 Å². The first-order valence-corrected chi connectivity index (χ1v) is 16.2. The summed E-state index contributed by atoms with van der Waals surface area (Å²) in [5.41, 5.74) is -5.93. The van der Waals surface area contributed by atoms with Gasteiger partial charge in [-0.05, 0) is 45.6 Å². The summed E-state index contributed by atoms with van der Waals surface area (Å²) in [5, 5.41) is 0. The standard InChI is InChI=1S/C34H48O13/c1-11-12-25(40)45-27-17(2)15-34(47-22(7)39)26(27)29(43-19(4)36)33-16-41-32(10,30(34)44-20(5)37)28(33)23(31(8,9)46-21(6)38)13-14-24(33)42-18(3)35/h13-14,17,23-24,26-30H,11-12,15-16H2,1-10H3/t17-,23-,24+,26+,27-,28-,29+,30-,32+,33+,34+/m0/s1. The summed E-state index contributed by atoms with van der Waals surface area (Å²) in [6.07, 6.45) is -0.609. The van der Waals surface area contributed by atoms with Crippen LogP contribution in [0.2, 0.25) is 0 Å². The van der Waals surface area contributed by atoms with Gasteiger partial charge in [0.1, 0.15) is 29.5 Å². The number of esters is 6. The van der Waals surface area contributed by atoms with Crippen LogP contribution in [0.3, 0.4) is 0 Å². The molecule has 4 aliphatic rings. The van der Waals surface area contributed by atoms with E-state index in [2.05, 4.69) is 0 Å². The molecule has 47 heavy (non-hydrogen) atoms. The van der Waals surface area contributed by atoms with Crippen molar-refractivity contribution in [2.24, 2.45) is 29.1 Å². The van der Waals surface area contributed by atoms with Crippen molar-refractivity contribution in [1.82, 2.24) is 0 Å². The van der Waals surface area contributed by atoms with Gasteiger partial charge in [0.2, 0.25) is 0 Å². The highest BCUT2D eigenvalue weighted by molar-refractivity contribution is 5.71. The van der Waals surface area contributed by atoms with Gasteiger partial charge in [0.25, 0.3) is 0 Å². The second-order valence-corrected chi connectivity index (χ2v) is 14.2. The molecule has 1 aliphatic heterocycles. The van der Waals surface area contributed by atoms with Crippen molar-refractivity contribution in [3.05, 3.63) is 12.2 Å². The molecule has 0 aromatic carbocycles. The summed E-state index contributed by atoms with van der Waals surface area (Å²) < 4.78 is 43.4. The molecule has 2 bridgehead atoms. The first kappa shape index (κ1) is 36.4. The first-order valence-electron chi connectivity index (χ1n) is 16.2. The summed E-state index contributed by atoms with van der Waals surface area (Å²) in [5.74, 6) is -6.94. The average Bonchev–Trinajstić information content (AvgIpc) is 3.35. The fraction of sp³-hybridized carbons (Fsp3) is 0.765. The van der Waals surface area contributed by atoms with E-state index in [-0.39, 0.29) is 19.4 Å². The molecule has 1 heterocycles. The van der Waals surface area contributed by atoms with E-state index in [0.717, 1.165) is 0 Å². The Bertz CT molecular complexity index is 1340. The average molecular weight is 665 g/mol. The third-order valence-electron chi connectivity index (χ3n) is 10.3. The summed E-state index contributed by atoms with van der Waals surface area (Å²) in [7, 11) is 0. The maximum absolute atomic E-state index is 13.1. The Morgan fingerprint density at radius 2 is 1.47 bits per heavy atom. The van der Waals surface area contributed by atoms with E-state index in [0.29, 0.717) is 6.42 Å². The molecule has 0 aromatic heterocycles. The zero-order valence-electron chi connectivity index (χ0n) is 28.9. The number of ether oxygens (including phenoxy) is 7. The van der Waals surface area contributed by atoms with Gasteiger partial charge in [-0.15, -0.1) is 0 Å². The van der Waals surface area contributed by atoms with E-state index in [1.807, 2.05) is 13.8 Å². The number of fused-ring (bicyclic) bond motifs is 1. The fourth-order valence-electron chi connectivity index (χ4n) is 9.21. The lowest BCUT2D eigenvalue weighted by Gasteiger charge is -2.53. The molecule has 2 saturated carbocycles. The Balaban J connectivity index is 2.16. The van der Waals surface area contributed by atoms with Gasteiger partial charge in [-0.2, -0.15) is 0 Å². The van der Waals surface area contributed by atoms with Crippen molar-refractivity contribution < 1.29 is 61.9 Å². The molecule has 0 amide bonds. The van der Waals surface area contributed by atoms with Crippen LogP contribution in [0, 0.1) is 29.1 Å². The number of carbonyl (C=O) groups is 6. The first-order chi connectivity index (χ1) is 21.8. The Morgan fingerprint density at radius 3 is 2.00 bits per heavy atom. The number of hydrogen-bond donors (Lipinski definition) is 0. The van der Waals surface area contributed by atoms with E-state index in [9.17, 15) is 28.8 Å². The minimum absolute atomic E-state index is 0.0441. The maximum Gasteiger partial charge on any atom is 0.306 e. The van der Waals surface area contributed by atoms with Crippen LogP contribution in [0.5, 0.6) is 0 Å². The third-order valence-corrected chi connectivity index (χ3v) is 10.3. The second kappa shape index (κ2) is 12.9. The van der Waals surface area contributed by atoms with Gasteiger partial charge < -0.3 is 33.2 Å². The monoisotopic (exact) mass is 664 g/mol. The molecular weight excluding hydrogens is 616 g/mol. The van der Waals surface area contributed by atoms with E-state index in [4.69, 9.17) is 33.2 Å². The predicted molar refractivity (Wildman–Crippen MR) is 162 cm³/mol. The normalized spacial score (nSPS) is 38.6. The van der Waals surface area contributed by atoms with Crippen LogP contribution in [0.15, 0.2) is 12.2 Å². The molecule has 13 nitrogen and oxygen atoms in total. The number of hydrogen-bond acceptors (Lipinski definition) is 13. The van der Waals surface area contributed by atoms with Gasteiger partial charge in [-0.3, -0.25) is 28.8 Å². The summed E-state index contributed by atoms with van der Waals surface area (Å²) in [4.78, 5) is 77.4. The maximum atomic E-state index is 13.1. The lowest BCUT2D eigenvalue weighted by atomic mass is 9.54. The van der Waals surface area contributed by atoms with E-state index in [1.54, 1.807) is 32.9 Å². The minimum Gasteiger partial charge on any atom is -0.461 e. The van der Waals surface area contributed by atoms with Crippen LogP contribution >= 0.6 is 0 Å². The summed E-state index contributed by atoms with van der Waals surface area (Å²) >= 11 is 0. The van der Waals surface area contributed by atoms with Gasteiger partial charge in [0.15, 0.2) is 11.7 Å². The SMILES string of the molecule is CCCC(=O)O[C@@H]1[C@@H]2[C@@H](OC(C)=O)[C@@]34CO[C@@](C)([C@H](OC(C)=O)[C@@]2(OC(C)=O)C[C@@H]1C)[C@@H]3[C@@H](C(C)(C)OC(C)=O)C=C[C@H]4OC(C)=O. The molecule has 0 spiro atoms. The molecule has 13 heteroatoms. The number of carbonyl (C=O) groups excluding carboxylic acids is 6. The van der Waals surface area contributed by atoms with Gasteiger partial charge in [-0.1, -0.05) is 19.9 Å². The minimum atomic E-state index is -1.75. The molecule has 4 rings (SSSR count). The molecule has 0 aromatic rings. The Hall–Kier alpha value is -3.48. The molecular formula is C34H48O13. The fourth-order valence-corrected chi connectivity index (χ4v) is 9.21. The van der Waals surface area contributed by atoms with Gasteiger partial charge in [-0.25, -0.2) is 0 Å². The molecule has 3 fully saturated rings. The number of rotatable bonds is 9. The van der Waals surface area contributed by atoms with Crippen LogP contribution in [-0.2, 0) is 61.9 Å². The Labute approximate surface area is 275 Å². The van der Waals surface area contributed by atoms with Crippen molar-refractivity contribution >= 4 is 35.8 Å². The predicted octanol–water partition coefficient (Wildman–Crippen LogP) is 3.38. The summed E-state index contributed by atoms with van der Waals surface area (Å²) in [6.45, 7) is 14.8. The Morgan fingerprint density at radius 1 is 0.851 bits per heavy atom. The van der Waals surface area contributed by atoms with Crippen LogP contribution in [0.4, 0.5) is 0 Å². The van der Waals surface area contributed by atoms with Gasteiger partial charge in [0.05, 0.1) is 17.9 Å². The van der Waals surface area contributed by atoms with Crippen molar-refractivity contribution in [1.29, 1.82) is 0 Å². The topological polar surface area (TPSA) is 167 Å². The molecule has 1 saturated heterocycles. The largest absolute Gasteiger partial charge is 0.461 e.